The summed E-state index contributed by atoms with van der Waals surface area (Å²) in [6, 6.07) is 7.88. The molecule has 2 aromatic carbocycles. The van der Waals surface area contributed by atoms with Gasteiger partial charge in [-0.3, -0.25) is 9.59 Å². The van der Waals surface area contributed by atoms with Gasteiger partial charge in [0.05, 0.1) is 12.7 Å². The highest BCUT2D eigenvalue weighted by Crippen LogP contribution is 2.34. The molecule has 7 heteroatoms. The second-order valence-electron chi connectivity index (χ2n) is 5.05. The molecule has 0 bridgehead atoms. The molecule has 2 aromatic rings. The summed E-state index contributed by atoms with van der Waals surface area (Å²) in [6.45, 7) is 3.82. The summed E-state index contributed by atoms with van der Waals surface area (Å²) < 4.78 is 11.0. The third-order valence-corrected chi connectivity index (χ3v) is 3.52. The van der Waals surface area contributed by atoms with E-state index in [-0.39, 0.29) is 11.3 Å². The molecular formula is C17H15N3O4. The number of azide groups is 1. The van der Waals surface area contributed by atoms with Gasteiger partial charge in [-0.2, -0.15) is 0 Å². The lowest BCUT2D eigenvalue weighted by Gasteiger charge is -2.14. The molecule has 2 rings (SSSR count). The van der Waals surface area contributed by atoms with Crippen LogP contribution in [0.3, 0.4) is 0 Å². The Balaban J connectivity index is 2.43. The number of nitrogens with zero attached hydrogens (tertiary/aromatic N) is 3. The minimum atomic E-state index is -0.720. The molecule has 0 aromatic heterocycles. The van der Waals surface area contributed by atoms with Crippen molar-refractivity contribution in [3.63, 3.8) is 0 Å². The molecule has 0 radical (unpaired) electrons. The van der Waals surface area contributed by atoms with Crippen molar-refractivity contribution in [1.82, 2.24) is 0 Å². The standard InChI is InChI=1S/C17H15N3O4/c1-10-6-13(9-21)15(7-11(10)2)24-14-5-4-12(8-16(14)23-3)17(22)19-20-18/h4-9H,1-3H3. The van der Waals surface area contributed by atoms with Crippen molar-refractivity contribution >= 4 is 12.2 Å². The van der Waals surface area contributed by atoms with Crippen LogP contribution in [0, 0.1) is 13.8 Å². The van der Waals surface area contributed by atoms with Gasteiger partial charge < -0.3 is 9.47 Å². The van der Waals surface area contributed by atoms with E-state index in [9.17, 15) is 9.59 Å². The first-order valence-corrected chi connectivity index (χ1v) is 7.02. The highest BCUT2D eigenvalue weighted by Gasteiger charge is 2.13. The van der Waals surface area contributed by atoms with Crippen LogP contribution in [0.1, 0.15) is 31.8 Å². The predicted molar refractivity (Wildman–Crippen MR) is 87.8 cm³/mol. The number of aldehydes is 1. The molecule has 0 heterocycles. The predicted octanol–water partition coefficient (Wildman–Crippen LogP) is 4.37. The minimum Gasteiger partial charge on any atom is -0.493 e. The van der Waals surface area contributed by atoms with Crippen molar-refractivity contribution < 1.29 is 19.1 Å². The first-order valence-electron chi connectivity index (χ1n) is 7.02. The summed E-state index contributed by atoms with van der Waals surface area (Å²) in [5, 5.41) is 3.03. The Bertz CT molecular complexity index is 855. The minimum absolute atomic E-state index is 0.174. The highest BCUT2D eigenvalue weighted by molar-refractivity contribution is 5.95. The summed E-state index contributed by atoms with van der Waals surface area (Å²) in [5.41, 5.74) is 10.9. The summed E-state index contributed by atoms with van der Waals surface area (Å²) in [5.74, 6) is 0.285. The largest absolute Gasteiger partial charge is 0.493 e. The average molecular weight is 325 g/mol. The monoisotopic (exact) mass is 325 g/mol. The fraction of sp³-hybridized carbons (Fsp3) is 0.176. The summed E-state index contributed by atoms with van der Waals surface area (Å²) >= 11 is 0. The Hall–Kier alpha value is -3.31. The van der Waals surface area contributed by atoms with Gasteiger partial charge in [0, 0.05) is 10.5 Å². The molecule has 0 unspecified atom stereocenters. The number of amides is 1. The third-order valence-electron chi connectivity index (χ3n) is 3.52. The van der Waals surface area contributed by atoms with E-state index in [4.69, 9.17) is 15.0 Å². The maximum absolute atomic E-state index is 11.6. The number of hydrogen-bond donors (Lipinski definition) is 0. The van der Waals surface area contributed by atoms with Crippen LogP contribution in [0.4, 0.5) is 0 Å². The Kier molecular flexibility index (Phi) is 5.19. The molecular weight excluding hydrogens is 310 g/mol. The van der Waals surface area contributed by atoms with Crippen molar-refractivity contribution in [2.45, 2.75) is 13.8 Å². The Morgan fingerprint density at radius 2 is 1.83 bits per heavy atom. The number of rotatable bonds is 5. The van der Waals surface area contributed by atoms with E-state index in [0.717, 1.165) is 11.1 Å². The lowest BCUT2D eigenvalue weighted by molar-refractivity contribution is 0.0999. The van der Waals surface area contributed by atoms with E-state index >= 15 is 0 Å². The molecule has 0 aliphatic rings. The highest BCUT2D eigenvalue weighted by atomic mass is 16.5. The molecule has 1 amide bonds. The summed E-state index contributed by atoms with van der Waals surface area (Å²) in [7, 11) is 1.42. The van der Waals surface area contributed by atoms with Gasteiger partial charge >= 0.3 is 0 Å². The molecule has 24 heavy (non-hydrogen) atoms. The van der Waals surface area contributed by atoms with Crippen molar-refractivity contribution in [3.05, 3.63) is 63.0 Å². The molecule has 0 atom stereocenters. The topological polar surface area (TPSA) is 101 Å². The van der Waals surface area contributed by atoms with Crippen LogP contribution >= 0.6 is 0 Å². The van der Waals surface area contributed by atoms with Gasteiger partial charge in [-0.05, 0) is 66.0 Å². The van der Waals surface area contributed by atoms with Crippen LogP contribution in [0.15, 0.2) is 35.4 Å². The van der Waals surface area contributed by atoms with E-state index in [2.05, 4.69) is 10.0 Å². The van der Waals surface area contributed by atoms with Gasteiger partial charge in [-0.1, -0.05) is 0 Å². The van der Waals surface area contributed by atoms with E-state index in [1.54, 1.807) is 12.1 Å². The fourth-order valence-corrected chi connectivity index (χ4v) is 2.09. The molecule has 7 nitrogen and oxygen atoms in total. The lowest BCUT2D eigenvalue weighted by atomic mass is 10.1. The Morgan fingerprint density at radius 1 is 1.12 bits per heavy atom. The van der Waals surface area contributed by atoms with Crippen molar-refractivity contribution in [3.8, 4) is 17.2 Å². The zero-order valence-corrected chi connectivity index (χ0v) is 13.4. The average Bonchev–Trinajstić information content (AvgIpc) is 2.58. The van der Waals surface area contributed by atoms with Crippen LogP contribution in [0.25, 0.3) is 10.4 Å². The van der Waals surface area contributed by atoms with Gasteiger partial charge in [0.1, 0.15) is 5.75 Å². The smallest absolute Gasteiger partial charge is 0.249 e. The number of carbonyl (C=O) groups excluding carboxylic acids is 2. The zero-order chi connectivity index (χ0) is 17.7. The van der Waals surface area contributed by atoms with E-state index < -0.39 is 5.91 Å². The number of hydrogen-bond acceptors (Lipinski definition) is 4. The molecule has 0 aliphatic heterocycles. The molecule has 122 valence electrons. The van der Waals surface area contributed by atoms with Gasteiger partial charge in [0.15, 0.2) is 17.8 Å². The number of aryl methyl sites for hydroxylation is 2. The van der Waals surface area contributed by atoms with E-state index in [0.29, 0.717) is 23.3 Å². The molecule has 0 spiro atoms. The van der Waals surface area contributed by atoms with Crippen LogP contribution in [0.2, 0.25) is 0 Å². The number of benzene rings is 2. The molecule has 0 fully saturated rings. The van der Waals surface area contributed by atoms with Crippen molar-refractivity contribution in [2.75, 3.05) is 7.11 Å². The molecule has 0 saturated carbocycles. The Morgan fingerprint density at radius 3 is 2.46 bits per heavy atom. The molecule has 0 N–H and O–H groups in total. The van der Waals surface area contributed by atoms with Gasteiger partial charge in [0.25, 0.3) is 0 Å². The number of carbonyl (C=O) groups is 2. The van der Waals surface area contributed by atoms with Crippen molar-refractivity contribution in [2.24, 2.45) is 5.11 Å². The van der Waals surface area contributed by atoms with Gasteiger partial charge in [-0.15, -0.1) is 0 Å². The van der Waals surface area contributed by atoms with E-state index in [1.165, 1.54) is 25.3 Å². The van der Waals surface area contributed by atoms with Crippen molar-refractivity contribution in [1.29, 1.82) is 0 Å². The van der Waals surface area contributed by atoms with Gasteiger partial charge in [0.2, 0.25) is 5.91 Å². The second kappa shape index (κ2) is 7.30. The lowest BCUT2D eigenvalue weighted by Crippen LogP contribution is -1.98. The van der Waals surface area contributed by atoms with Gasteiger partial charge in [-0.25, -0.2) is 0 Å². The molecule has 0 saturated heterocycles. The second-order valence-corrected chi connectivity index (χ2v) is 5.05. The third kappa shape index (κ3) is 3.53. The van der Waals surface area contributed by atoms with Crippen LogP contribution in [0.5, 0.6) is 17.2 Å². The zero-order valence-electron chi connectivity index (χ0n) is 13.4. The Labute approximate surface area is 138 Å². The first kappa shape index (κ1) is 17.1. The SMILES string of the molecule is COc1cc(C(=O)N=[N+]=[N-])ccc1Oc1cc(C)c(C)cc1C=O. The first-order chi connectivity index (χ1) is 11.5. The van der Waals surface area contributed by atoms with Crippen LogP contribution in [-0.2, 0) is 0 Å². The van der Waals surface area contributed by atoms with Crippen LogP contribution in [-0.4, -0.2) is 19.3 Å². The maximum atomic E-state index is 11.6. The molecule has 0 aliphatic carbocycles. The normalized spacial score (nSPS) is 9.79. The van der Waals surface area contributed by atoms with E-state index in [1.807, 2.05) is 13.8 Å². The van der Waals surface area contributed by atoms with Crippen LogP contribution < -0.4 is 9.47 Å². The number of methoxy groups -OCH3 is 1. The summed E-state index contributed by atoms with van der Waals surface area (Å²) in [4.78, 5) is 25.3. The quantitative estimate of drug-likeness (QED) is 0.352. The fourth-order valence-electron chi connectivity index (χ4n) is 2.09. The number of ether oxygens (including phenoxy) is 2. The maximum Gasteiger partial charge on any atom is 0.249 e. The summed E-state index contributed by atoms with van der Waals surface area (Å²) in [6.07, 6.45) is 0.716.